The van der Waals surface area contributed by atoms with Crippen LogP contribution in [0, 0.1) is 10.8 Å². The molecule has 0 bridgehead atoms. The summed E-state index contributed by atoms with van der Waals surface area (Å²) in [6.45, 7) is 9.50. The number of urea groups is 1. The summed E-state index contributed by atoms with van der Waals surface area (Å²) in [5.41, 5.74) is -1.14. The summed E-state index contributed by atoms with van der Waals surface area (Å²) in [5.74, 6) is -3.10. The maximum Gasteiger partial charge on any atom is 0.410 e. The highest BCUT2D eigenvalue weighted by Crippen LogP contribution is 2.51. The molecule has 1 unspecified atom stereocenters. The molecule has 9 heteroatoms. The molecule has 1 aromatic rings. The van der Waals surface area contributed by atoms with Crippen molar-refractivity contribution in [1.82, 2.24) is 14.7 Å². The van der Waals surface area contributed by atoms with Gasteiger partial charge in [0.2, 0.25) is 0 Å². The molecule has 6 nitrogen and oxygen atoms in total. The van der Waals surface area contributed by atoms with Gasteiger partial charge in [-0.25, -0.2) is 18.4 Å². The molecule has 0 aliphatic carbocycles. The molecule has 35 heavy (non-hydrogen) atoms. The van der Waals surface area contributed by atoms with Crippen LogP contribution in [0.25, 0.3) is 0 Å². The summed E-state index contributed by atoms with van der Waals surface area (Å²) >= 11 is 6.48. The van der Waals surface area contributed by atoms with E-state index in [1.54, 1.807) is 31.7 Å². The Hall–Kier alpha value is -2.09. The molecule has 1 spiro atoms. The zero-order valence-corrected chi connectivity index (χ0v) is 22.0. The van der Waals surface area contributed by atoms with Crippen LogP contribution in [0.4, 0.5) is 18.4 Å². The summed E-state index contributed by atoms with van der Waals surface area (Å²) in [6, 6.07) is 6.80. The Labute approximate surface area is 211 Å². The third kappa shape index (κ3) is 5.09. The Morgan fingerprint density at radius 1 is 1.03 bits per heavy atom. The molecule has 0 saturated carbocycles. The molecular formula is C26H36ClF2N3O3. The van der Waals surface area contributed by atoms with Crippen molar-refractivity contribution >= 4 is 23.7 Å². The second-order valence-corrected chi connectivity index (χ2v) is 12.5. The van der Waals surface area contributed by atoms with Gasteiger partial charge in [0, 0.05) is 31.2 Å². The molecule has 3 aliphatic rings. The van der Waals surface area contributed by atoms with Crippen LogP contribution in [0.1, 0.15) is 65.5 Å². The van der Waals surface area contributed by atoms with Gasteiger partial charge in [-0.2, -0.15) is 0 Å². The van der Waals surface area contributed by atoms with E-state index in [0.29, 0.717) is 18.0 Å². The highest BCUT2D eigenvalue weighted by atomic mass is 35.5. The van der Waals surface area contributed by atoms with Crippen molar-refractivity contribution in [1.29, 1.82) is 0 Å². The normalized spacial score (nSPS) is 25.3. The lowest BCUT2D eigenvalue weighted by Gasteiger charge is -2.57. The highest BCUT2D eigenvalue weighted by molar-refractivity contribution is 6.31. The lowest BCUT2D eigenvalue weighted by molar-refractivity contribution is -0.214. The molecule has 0 N–H and O–H groups in total. The minimum absolute atomic E-state index is 0.00750. The Balaban J connectivity index is 1.47. The number of carbonyl (C=O) groups excluding carboxylic acids is 2. The van der Waals surface area contributed by atoms with Gasteiger partial charge < -0.3 is 19.4 Å². The van der Waals surface area contributed by atoms with Crippen molar-refractivity contribution < 1.29 is 23.1 Å². The SMILES string of the molecule is CC1(C)CCN(C(=O)N2CCC3(CN(C(=O)OC(C)(C)C)C3)C(F)(F)C2)C(c2ccccc2Cl)C1. The van der Waals surface area contributed by atoms with Crippen LogP contribution in [-0.4, -0.2) is 71.1 Å². The van der Waals surface area contributed by atoms with Crippen LogP contribution in [0.15, 0.2) is 24.3 Å². The molecule has 1 atom stereocenters. The monoisotopic (exact) mass is 511 g/mol. The van der Waals surface area contributed by atoms with E-state index in [-0.39, 0.29) is 43.5 Å². The summed E-state index contributed by atoms with van der Waals surface area (Å²) < 4.78 is 36.2. The lowest BCUT2D eigenvalue weighted by atomic mass is 9.69. The van der Waals surface area contributed by atoms with Gasteiger partial charge in [-0.1, -0.05) is 43.6 Å². The first-order valence-electron chi connectivity index (χ1n) is 12.3. The van der Waals surface area contributed by atoms with Crippen LogP contribution in [0.2, 0.25) is 5.02 Å². The van der Waals surface area contributed by atoms with E-state index >= 15 is 8.78 Å². The number of halogens is 3. The summed E-state index contributed by atoms with van der Waals surface area (Å²) in [5, 5.41) is 0.577. The second kappa shape index (κ2) is 8.79. The average Bonchev–Trinajstić information content (AvgIpc) is 2.69. The summed E-state index contributed by atoms with van der Waals surface area (Å²) in [7, 11) is 0. The number of amides is 3. The molecular weight excluding hydrogens is 476 g/mol. The second-order valence-electron chi connectivity index (χ2n) is 12.1. The van der Waals surface area contributed by atoms with E-state index in [2.05, 4.69) is 13.8 Å². The average molecular weight is 512 g/mol. The minimum atomic E-state index is -3.10. The third-order valence-corrected chi connectivity index (χ3v) is 7.94. The molecule has 0 radical (unpaired) electrons. The van der Waals surface area contributed by atoms with Gasteiger partial charge in [0.1, 0.15) is 5.60 Å². The quantitative estimate of drug-likeness (QED) is 0.451. The van der Waals surface area contributed by atoms with Crippen molar-refractivity contribution in [3.05, 3.63) is 34.9 Å². The van der Waals surface area contributed by atoms with E-state index in [1.807, 2.05) is 18.2 Å². The summed E-state index contributed by atoms with van der Waals surface area (Å²) in [6.07, 6.45) is 1.07. The topological polar surface area (TPSA) is 53.1 Å². The number of piperidine rings is 2. The fraction of sp³-hybridized carbons (Fsp3) is 0.692. The predicted octanol–water partition coefficient (Wildman–Crippen LogP) is 6.20. The third-order valence-electron chi connectivity index (χ3n) is 7.60. The van der Waals surface area contributed by atoms with E-state index in [1.165, 1.54) is 9.80 Å². The number of nitrogens with zero attached hydrogens (tertiary/aromatic N) is 3. The smallest absolute Gasteiger partial charge is 0.410 e. The number of carbonyl (C=O) groups is 2. The molecule has 4 rings (SSSR count). The van der Waals surface area contributed by atoms with Crippen molar-refractivity contribution in [3.8, 4) is 0 Å². The van der Waals surface area contributed by atoms with Crippen LogP contribution >= 0.6 is 11.6 Å². The van der Waals surface area contributed by atoms with Crippen LogP contribution in [0.5, 0.6) is 0 Å². The Kier molecular flexibility index (Phi) is 6.52. The summed E-state index contributed by atoms with van der Waals surface area (Å²) in [4.78, 5) is 30.2. The molecule has 194 valence electrons. The fourth-order valence-corrected chi connectivity index (χ4v) is 5.72. The zero-order valence-electron chi connectivity index (χ0n) is 21.2. The standard InChI is InChI=1S/C26H36ClF2N3O3/c1-23(2,3)35-22(34)31-15-25(16-31)11-12-30(17-26(25,28)29)21(33)32-13-10-24(4,5)14-20(32)18-8-6-7-9-19(18)27/h6-9,20H,10-17H2,1-5H3. The van der Waals surface area contributed by atoms with Crippen molar-refractivity contribution in [2.45, 2.75) is 71.4 Å². The van der Waals surface area contributed by atoms with Gasteiger partial charge in [-0.05, 0) is 57.1 Å². The van der Waals surface area contributed by atoms with E-state index in [0.717, 1.165) is 12.0 Å². The maximum atomic E-state index is 15.5. The first-order valence-corrected chi connectivity index (χ1v) is 12.7. The number of hydrogen-bond donors (Lipinski definition) is 0. The van der Waals surface area contributed by atoms with E-state index < -0.39 is 29.6 Å². The number of rotatable bonds is 1. The van der Waals surface area contributed by atoms with E-state index in [9.17, 15) is 9.59 Å². The minimum Gasteiger partial charge on any atom is -0.444 e. The molecule has 1 aromatic carbocycles. The maximum absolute atomic E-state index is 15.5. The Bertz CT molecular complexity index is 988. The number of benzene rings is 1. The molecule has 0 aromatic heterocycles. The van der Waals surface area contributed by atoms with Crippen molar-refractivity contribution in [3.63, 3.8) is 0 Å². The van der Waals surface area contributed by atoms with Gasteiger partial charge in [0.25, 0.3) is 5.92 Å². The number of likely N-dealkylation sites (tertiary alicyclic amines) is 3. The molecule has 3 amide bonds. The Morgan fingerprint density at radius 3 is 2.29 bits per heavy atom. The van der Waals surface area contributed by atoms with Gasteiger partial charge in [0.15, 0.2) is 0 Å². The number of hydrogen-bond acceptors (Lipinski definition) is 3. The van der Waals surface area contributed by atoms with Gasteiger partial charge in [-0.15, -0.1) is 0 Å². The van der Waals surface area contributed by atoms with Crippen molar-refractivity contribution in [2.24, 2.45) is 10.8 Å². The predicted molar refractivity (Wildman–Crippen MR) is 131 cm³/mol. The Morgan fingerprint density at radius 2 is 1.69 bits per heavy atom. The first-order chi connectivity index (χ1) is 16.1. The van der Waals surface area contributed by atoms with E-state index in [4.69, 9.17) is 16.3 Å². The van der Waals surface area contributed by atoms with Crippen LogP contribution in [0.3, 0.4) is 0 Å². The van der Waals surface area contributed by atoms with Gasteiger partial charge >= 0.3 is 12.1 Å². The van der Waals surface area contributed by atoms with Crippen molar-refractivity contribution in [2.75, 3.05) is 32.7 Å². The number of ether oxygens (including phenoxy) is 1. The van der Waals surface area contributed by atoms with Crippen LogP contribution in [-0.2, 0) is 4.74 Å². The first kappa shape index (κ1) is 26.0. The van der Waals surface area contributed by atoms with Gasteiger partial charge in [0.05, 0.1) is 18.0 Å². The molecule has 3 saturated heterocycles. The lowest BCUT2D eigenvalue weighted by Crippen LogP contribution is -2.72. The zero-order chi connectivity index (χ0) is 25.8. The highest BCUT2D eigenvalue weighted by Gasteiger charge is 2.64. The molecule has 3 fully saturated rings. The largest absolute Gasteiger partial charge is 0.444 e. The molecule has 3 aliphatic heterocycles. The molecule has 3 heterocycles. The van der Waals surface area contributed by atoms with Crippen LogP contribution < -0.4 is 0 Å². The number of alkyl halides is 2. The van der Waals surface area contributed by atoms with Gasteiger partial charge in [-0.3, -0.25) is 0 Å². The fourth-order valence-electron chi connectivity index (χ4n) is 5.46.